The fourth-order valence-electron chi connectivity index (χ4n) is 2.76. The number of carbonyl (C=O) groups excluding carboxylic acids is 1. The zero-order valence-electron chi connectivity index (χ0n) is 15.3. The fourth-order valence-corrected chi connectivity index (χ4v) is 4.83. The minimum atomic E-state index is -0.119. The van der Waals surface area contributed by atoms with Crippen LogP contribution in [0.3, 0.4) is 0 Å². The highest BCUT2D eigenvalue weighted by molar-refractivity contribution is 8.27. The lowest BCUT2D eigenvalue weighted by molar-refractivity contribution is -0.113. The number of anilines is 1. The molecule has 4 rings (SSSR count). The number of thioether (sulfide) groups is 1. The van der Waals surface area contributed by atoms with Crippen LogP contribution in [0.4, 0.5) is 5.69 Å². The van der Waals surface area contributed by atoms with E-state index in [1.54, 1.807) is 22.7 Å². The molecule has 0 N–H and O–H groups in total. The average Bonchev–Trinajstić information content (AvgIpc) is 3.22. The van der Waals surface area contributed by atoms with Gasteiger partial charge in [0.1, 0.15) is 5.76 Å². The van der Waals surface area contributed by atoms with Gasteiger partial charge in [-0.1, -0.05) is 60.0 Å². The minimum absolute atomic E-state index is 0.119. The van der Waals surface area contributed by atoms with E-state index in [0.29, 0.717) is 15.0 Å². The molecule has 0 unspecified atom stereocenters. The first kappa shape index (κ1) is 19.1. The van der Waals surface area contributed by atoms with Gasteiger partial charge >= 0.3 is 0 Å². The summed E-state index contributed by atoms with van der Waals surface area (Å²) in [6, 6.07) is 19.7. The van der Waals surface area contributed by atoms with E-state index in [9.17, 15) is 4.79 Å². The van der Waals surface area contributed by atoms with Crippen molar-refractivity contribution in [3.8, 4) is 0 Å². The molecule has 1 aromatic heterocycles. The summed E-state index contributed by atoms with van der Waals surface area (Å²) in [5, 5.41) is 0.780. The monoisotopic (exact) mass is 423 g/mol. The van der Waals surface area contributed by atoms with E-state index in [4.69, 9.17) is 16.6 Å². The molecule has 1 aliphatic heterocycles. The molecular weight excluding hydrogens is 406 g/mol. The second-order valence-corrected chi connectivity index (χ2v) is 9.11. The molecule has 3 aromatic rings. The Hall–Kier alpha value is -2.28. The number of furan rings is 1. The molecule has 1 amide bonds. The van der Waals surface area contributed by atoms with E-state index in [1.807, 2.05) is 74.5 Å². The van der Waals surface area contributed by atoms with Crippen molar-refractivity contribution in [2.45, 2.75) is 23.8 Å². The summed E-state index contributed by atoms with van der Waals surface area (Å²) in [5.74, 6) is 0.519. The van der Waals surface area contributed by atoms with Crippen molar-refractivity contribution in [3.63, 3.8) is 0 Å². The number of hydrogen-bond acceptors (Lipinski definition) is 5. The van der Waals surface area contributed by atoms with Crippen molar-refractivity contribution in [2.24, 2.45) is 0 Å². The van der Waals surface area contributed by atoms with Crippen LogP contribution in [0.25, 0.3) is 6.08 Å². The third-order valence-corrected chi connectivity index (χ3v) is 6.61. The van der Waals surface area contributed by atoms with Gasteiger partial charge in [0, 0.05) is 11.0 Å². The molecule has 0 atom stereocenters. The molecule has 1 aliphatic rings. The predicted molar refractivity (Wildman–Crippen MR) is 121 cm³/mol. The topological polar surface area (TPSA) is 33.5 Å². The van der Waals surface area contributed by atoms with Gasteiger partial charge in [-0.05, 0) is 61.4 Å². The Bertz CT molecular complexity index is 1090. The van der Waals surface area contributed by atoms with Crippen LogP contribution in [0.5, 0.6) is 0 Å². The summed E-state index contributed by atoms with van der Waals surface area (Å²) in [6.45, 7) is 4.08. The van der Waals surface area contributed by atoms with Crippen LogP contribution in [0, 0.1) is 13.8 Å². The van der Waals surface area contributed by atoms with E-state index >= 15 is 0 Å². The SMILES string of the molecule is Cc1ccc(N2C(=O)C(=Cc3ccc(Sc4ccccc4)o3)SC2=S)cc1C. The Morgan fingerprint density at radius 3 is 2.57 bits per heavy atom. The van der Waals surface area contributed by atoms with Crippen molar-refractivity contribution in [2.75, 3.05) is 4.90 Å². The van der Waals surface area contributed by atoms with Gasteiger partial charge in [-0.3, -0.25) is 9.69 Å². The first-order valence-electron chi connectivity index (χ1n) is 8.69. The van der Waals surface area contributed by atoms with E-state index in [0.717, 1.165) is 21.2 Å². The Labute approximate surface area is 177 Å². The van der Waals surface area contributed by atoms with Crippen LogP contribution >= 0.6 is 35.7 Å². The zero-order chi connectivity index (χ0) is 19.7. The predicted octanol–water partition coefficient (Wildman–Crippen LogP) is 6.45. The molecule has 2 aromatic carbocycles. The van der Waals surface area contributed by atoms with Crippen LogP contribution in [0.15, 0.2) is 80.0 Å². The normalized spacial score (nSPS) is 15.6. The molecule has 3 nitrogen and oxygen atoms in total. The van der Waals surface area contributed by atoms with Gasteiger partial charge in [0.05, 0.1) is 10.6 Å². The highest BCUT2D eigenvalue weighted by Crippen LogP contribution is 2.37. The van der Waals surface area contributed by atoms with E-state index in [1.165, 1.54) is 17.3 Å². The molecule has 0 radical (unpaired) electrons. The molecular formula is C22H17NO2S3. The molecule has 28 heavy (non-hydrogen) atoms. The highest BCUT2D eigenvalue weighted by atomic mass is 32.2. The van der Waals surface area contributed by atoms with Gasteiger partial charge < -0.3 is 4.42 Å². The van der Waals surface area contributed by atoms with Gasteiger partial charge in [-0.2, -0.15) is 0 Å². The third kappa shape index (κ3) is 3.94. The number of amides is 1. The number of benzene rings is 2. The number of carbonyl (C=O) groups is 1. The maximum Gasteiger partial charge on any atom is 0.270 e. The number of aryl methyl sites for hydroxylation is 2. The van der Waals surface area contributed by atoms with Crippen molar-refractivity contribution in [1.82, 2.24) is 0 Å². The molecule has 0 bridgehead atoms. The van der Waals surface area contributed by atoms with Gasteiger partial charge in [0.25, 0.3) is 5.91 Å². The average molecular weight is 424 g/mol. The number of thiocarbonyl (C=S) groups is 1. The number of nitrogens with zero attached hydrogens (tertiary/aromatic N) is 1. The lowest BCUT2D eigenvalue weighted by Crippen LogP contribution is -2.27. The highest BCUT2D eigenvalue weighted by Gasteiger charge is 2.33. The van der Waals surface area contributed by atoms with Crippen LogP contribution in [0.2, 0.25) is 0 Å². The number of hydrogen-bond donors (Lipinski definition) is 0. The van der Waals surface area contributed by atoms with E-state index < -0.39 is 0 Å². The Kier molecular flexibility index (Phi) is 5.44. The quantitative estimate of drug-likeness (QED) is 0.356. The zero-order valence-corrected chi connectivity index (χ0v) is 17.8. The summed E-state index contributed by atoms with van der Waals surface area (Å²) in [6.07, 6.45) is 1.76. The molecule has 0 spiro atoms. The Morgan fingerprint density at radius 1 is 1.04 bits per heavy atom. The molecule has 1 fully saturated rings. The van der Waals surface area contributed by atoms with Gasteiger partial charge in [0.2, 0.25) is 0 Å². The van der Waals surface area contributed by atoms with Crippen LogP contribution < -0.4 is 4.90 Å². The number of rotatable bonds is 4. The van der Waals surface area contributed by atoms with Crippen molar-refractivity contribution < 1.29 is 9.21 Å². The smallest absolute Gasteiger partial charge is 0.270 e. The second-order valence-electron chi connectivity index (χ2n) is 6.36. The fraction of sp³-hybridized carbons (Fsp3) is 0.0909. The molecule has 140 valence electrons. The van der Waals surface area contributed by atoms with Crippen molar-refractivity contribution in [1.29, 1.82) is 0 Å². The second kappa shape index (κ2) is 7.99. The van der Waals surface area contributed by atoms with Crippen molar-refractivity contribution >= 4 is 57.7 Å². The molecule has 0 aliphatic carbocycles. The van der Waals surface area contributed by atoms with Crippen LogP contribution in [0.1, 0.15) is 16.9 Å². The van der Waals surface area contributed by atoms with Crippen molar-refractivity contribution in [3.05, 3.63) is 82.5 Å². The summed E-state index contributed by atoms with van der Waals surface area (Å²) < 4.78 is 6.40. The largest absolute Gasteiger partial charge is 0.450 e. The van der Waals surface area contributed by atoms with Gasteiger partial charge in [-0.15, -0.1) is 0 Å². The summed E-state index contributed by atoms with van der Waals surface area (Å²) in [4.78, 5) is 16.2. The summed E-state index contributed by atoms with van der Waals surface area (Å²) in [7, 11) is 0. The van der Waals surface area contributed by atoms with E-state index in [2.05, 4.69) is 0 Å². The van der Waals surface area contributed by atoms with Gasteiger partial charge in [0.15, 0.2) is 9.41 Å². The molecule has 6 heteroatoms. The van der Waals surface area contributed by atoms with Crippen LogP contribution in [-0.4, -0.2) is 10.2 Å². The first-order chi connectivity index (χ1) is 13.5. The lowest BCUT2D eigenvalue weighted by atomic mass is 10.1. The lowest BCUT2D eigenvalue weighted by Gasteiger charge is -2.15. The Morgan fingerprint density at radius 2 is 1.82 bits per heavy atom. The Balaban J connectivity index is 1.55. The summed E-state index contributed by atoms with van der Waals surface area (Å²) in [5.41, 5.74) is 3.11. The molecule has 1 saturated heterocycles. The molecule has 2 heterocycles. The summed E-state index contributed by atoms with van der Waals surface area (Å²) >= 11 is 8.29. The van der Waals surface area contributed by atoms with E-state index in [-0.39, 0.29) is 5.91 Å². The molecule has 0 saturated carbocycles. The van der Waals surface area contributed by atoms with Crippen LogP contribution in [-0.2, 0) is 4.79 Å². The van der Waals surface area contributed by atoms with Gasteiger partial charge in [-0.25, -0.2) is 0 Å². The maximum absolute atomic E-state index is 12.9. The first-order valence-corrected chi connectivity index (χ1v) is 10.7. The standard InChI is InChI=1S/C22H17NO2S3/c1-14-8-9-16(12-15(14)2)23-21(24)19(28-22(23)26)13-17-10-11-20(25-17)27-18-6-4-3-5-7-18/h3-13H,1-2H3. The maximum atomic E-state index is 12.9. The third-order valence-electron chi connectivity index (χ3n) is 4.38. The minimum Gasteiger partial charge on any atom is -0.450 e.